The molecule has 3 heterocycles. The van der Waals surface area contributed by atoms with Crippen LogP contribution in [0.25, 0.3) is 21.9 Å². The van der Waals surface area contributed by atoms with E-state index in [1.807, 2.05) is 23.6 Å². The highest BCUT2D eigenvalue weighted by Crippen LogP contribution is 2.33. The van der Waals surface area contributed by atoms with E-state index in [9.17, 15) is 4.79 Å². The first-order chi connectivity index (χ1) is 19.0. The van der Waals surface area contributed by atoms with Crippen LogP contribution in [0.4, 0.5) is 0 Å². The maximum Gasteiger partial charge on any atom is 0.256 e. The molecule has 1 amide bonds. The molecule has 0 aliphatic carbocycles. The van der Waals surface area contributed by atoms with Crippen molar-refractivity contribution < 1.29 is 4.79 Å². The van der Waals surface area contributed by atoms with E-state index < -0.39 is 0 Å². The number of fused-ring (bicyclic) bond motifs is 1. The van der Waals surface area contributed by atoms with E-state index in [0.717, 1.165) is 66.9 Å². The van der Waals surface area contributed by atoms with Crippen LogP contribution in [0.15, 0.2) is 91.6 Å². The van der Waals surface area contributed by atoms with Crippen LogP contribution in [0.5, 0.6) is 0 Å². The number of likely N-dealkylation sites (N-methyl/N-ethyl adjacent to an activating group) is 1. The van der Waals surface area contributed by atoms with Gasteiger partial charge in [0.25, 0.3) is 5.91 Å². The highest BCUT2D eigenvalue weighted by Gasteiger charge is 2.25. The Kier molecular flexibility index (Phi) is 7.03. The van der Waals surface area contributed by atoms with E-state index in [1.165, 1.54) is 16.5 Å². The summed E-state index contributed by atoms with van der Waals surface area (Å²) in [6.45, 7) is 6.93. The minimum Gasteiger partial charge on any atom is -0.347 e. The summed E-state index contributed by atoms with van der Waals surface area (Å²) in [4.78, 5) is 22.6. The second kappa shape index (κ2) is 10.9. The van der Waals surface area contributed by atoms with Gasteiger partial charge in [-0.05, 0) is 42.3 Å². The van der Waals surface area contributed by atoms with Crippen molar-refractivity contribution in [3.05, 3.63) is 114 Å². The van der Waals surface area contributed by atoms with Crippen LogP contribution in [0.3, 0.4) is 0 Å². The van der Waals surface area contributed by atoms with Crippen LogP contribution in [0.1, 0.15) is 27.2 Å². The van der Waals surface area contributed by atoms with Crippen molar-refractivity contribution in [2.75, 3.05) is 33.2 Å². The fourth-order valence-corrected chi connectivity index (χ4v) is 5.50. The highest BCUT2D eigenvalue weighted by molar-refractivity contribution is 6.06. The Hall–Kier alpha value is -4.16. The van der Waals surface area contributed by atoms with Gasteiger partial charge in [0.1, 0.15) is 0 Å². The molecule has 198 valence electrons. The van der Waals surface area contributed by atoms with E-state index in [2.05, 4.69) is 106 Å². The van der Waals surface area contributed by atoms with Gasteiger partial charge >= 0.3 is 0 Å². The van der Waals surface area contributed by atoms with Gasteiger partial charge in [-0.3, -0.25) is 4.79 Å². The largest absolute Gasteiger partial charge is 0.347 e. The number of hydrogen-bond acceptors (Lipinski definition) is 3. The van der Waals surface area contributed by atoms with Crippen molar-refractivity contribution in [3.8, 4) is 11.1 Å². The minimum atomic E-state index is 0.109. The minimum absolute atomic E-state index is 0.109. The quantitative estimate of drug-likeness (QED) is 0.287. The summed E-state index contributed by atoms with van der Waals surface area (Å²) in [5.41, 5.74) is 6.57. The number of hydrogen-bond donors (Lipinski definition) is 0. The molecule has 0 radical (unpaired) electrons. The molecule has 0 N–H and O–H groups in total. The summed E-state index contributed by atoms with van der Waals surface area (Å²) >= 11 is 0. The van der Waals surface area contributed by atoms with Gasteiger partial charge in [-0.2, -0.15) is 0 Å². The molecule has 5 aromatic rings. The van der Waals surface area contributed by atoms with Gasteiger partial charge in [0, 0.05) is 56.9 Å². The zero-order chi connectivity index (χ0) is 26.8. The number of piperazine rings is 1. The summed E-state index contributed by atoms with van der Waals surface area (Å²) in [5.74, 6) is 0.109. The molecule has 2 aromatic heterocycles. The van der Waals surface area contributed by atoms with Crippen molar-refractivity contribution in [3.63, 3.8) is 0 Å². The molecule has 0 atom stereocenters. The topological polar surface area (TPSA) is 46.3 Å². The van der Waals surface area contributed by atoms with Gasteiger partial charge in [0.15, 0.2) is 0 Å². The van der Waals surface area contributed by atoms with E-state index >= 15 is 0 Å². The molecule has 6 rings (SSSR count). The smallest absolute Gasteiger partial charge is 0.256 e. The number of nitrogens with zero attached hydrogens (tertiary/aromatic N) is 5. The van der Waals surface area contributed by atoms with E-state index in [4.69, 9.17) is 0 Å². The summed E-state index contributed by atoms with van der Waals surface area (Å²) in [6.07, 6.45) is 8.98. The average Bonchev–Trinajstić information content (AvgIpc) is 3.59. The summed E-state index contributed by atoms with van der Waals surface area (Å²) in [6, 6.07) is 23.5. The molecule has 6 nitrogen and oxygen atoms in total. The van der Waals surface area contributed by atoms with Gasteiger partial charge in [-0.15, -0.1) is 0 Å². The number of amides is 1. The number of imidazole rings is 1. The monoisotopic (exact) mass is 517 g/mol. The third-order valence-corrected chi connectivity index (χ3v) is 7.89. The van der Waals surface area contributed by atoms with Gasteiger partial charge in [-0.25, -0.2) is 4.98 Å². The molecule has 39 heavy (non-hydrogen) atoms. The first-order valence-corrected chi connectivity index (χ1v) is 13.8. The summed E-state index contributed by atoms with van der Waals surface area (Å²) in [7, 11) is 2.11. The van der Waals surface area contributed by atoms with E-state index in [0.29, 0.717) is 6.54 Å². The molecule has 0 bridgehead atoms. The van der Waals surface area contributed by atoms with E-state index in [-0.39, 0.29) is 5.91 Å². The van der Waals surface area contributed by atoms with Crippen molar-refractivity contribution in [2.45, 2.75) is 26.4 Å². The van der Waals surface area contributed by atoms with E-state index in [1.54, 1.807) is 0 Å². The van der Waals surface area contributed by atoms with Crippen molar-refractivity contribution in [2.24, 2.45) is 0 Å². The van der Waals surface area contributed by atoms with Gasteiger partial charge in [0.05, 0.1) is 24.1 Å². The number of carbonyl (C=O) groups is 1. The molecule has 0 unspecified atom stereocenters. The summed E-state index contributed by atoms with van der Waals surface area (Å²) < 4.78 is 4.37. The fourth-order valence-electron chi connectivity index (χ4n) is 5.50. The lowest BCUT2D eigenvalue weighted by atomic mass is 9.97. The third-order valence-electron chi connectivity index (χ3n) is 7.89. The maximum absolute atomic E-state index is 13.9. The zero-order valence-electron chi connectivity index (χ0n) is 22.8. The molecule has 1 aliphatic rings. The highest BCUT2D eigenvalue weighted by atomic mass is 16.2. The average molecular weight is 518 g/mol. The Morgan fingerprint density at radius 3 is 2.46 bits per heavy atom. The second-order valence-corrected chi connectivity index (χ2v) is 10.7. The second-order valence-electron chi connectivity index (χ2n) is 10.7. The maximum atomic E-state index is 13.9. The van der Waals surface area contributed by atoms with Crippen LogP contribution in [-0.4, -0.2) is 63.1 Å². The SMILES string of the molecule is Cc1ccc(CCn2cncc2Cn2cc(C(=O)N3CCN(C)CC3)c(-c3cccc4ccccc34)c2)cc1. The Morgan fingerprint density at radius 1 is 0.872 bits per heavy atom. The lowest BCUT2D eigenvalue weighted by Crippen LogP contribution is -2.47. The Labute approximate surface area is 230 Å². The number of aromatic nitrogens is 3. The number of aryl methyl sites for hydroxylation is 3. The fraction of sp³-hybridized carbons (Fsp3) is 0.273. The van der Waals surface area contributed by atoms with Crippen molar-refractivity contribution >= 4 is 16.7 Å². The molecule has 0 saturated carbocycles. The van der Waals surface area contributed by atoms with Gasteiger partial charge in [-0.1, -0.05) is 72.3 Å². The number of rotatable bonds is 7. The Morgan fingerprint density at radius 2 is 1.64 bits per heavy atom. The van der Waals surface area contributed by atoms with Crippen molar-refractivity contribution in [1.82, 2.24) is 23.9 Å². The molecule has 3 aromatic carbocycles. The molecule has 0 spiro atoms. The normalized spacial score (nSPS) is 14.3. The van der Waals surface area contributed by atoms with Gasteiger partial charge in [0.2, 0.25) is 0 Å². The number of benzene rings is 3. The molecule has 6 heteroatoms. The summed E-state index contributed by atoms with van der Waals surface area (Å²) in [5, 5.41) is 2.34. The third kappa shape index (κ3) is 5.38. The Bertz CT molecular complexity index is 1580. The van der Waals surface area contributed by atoms with Crippen molar-refractivity contribution in [1.29, 1.82) is 0 Å². The lowest BCUT2D eigenvalue weighted by molar-refractivity contribution is 0.0665. The lowest BCUT2D eigenvalue weighted by Gasteiger charge is -2.32. The molecule has 1 fully saturated rings. The predicted molar refractivity (Wildman–Crippen MR) is 157 cm³/mol. The van der Waals surface area contributed by atoms with Crippen LogP contribution >= 0.6 is 0 Å². The van der Waals surface area contributed by atoms with Crippen LogP contribution in [0, 0.1) is 6.92 Å². The first-order valence-electron chi connectivity index (χ1n) is 13.8. The molecular weight excluding hydrogens is 482 g/mol. The van der Waals surface area contributed by atoms with Gasteiger partial charge < -0.3 is 18.9 Å². The first kappa shape index (κ1) is 25.1. The number of carbonyl (C=O) groups excluding carboxylic acids is 1. The molecule has 1 saturated heterocycles. The zero-order valence-corrected chi connectivity index (χ0v) is 22.8. The van der Waals surface area contributed by atoms with Crippen LogP contribution in [-0.2, 0) is 19.5 Å². The molecular formula is C33H35N5O. The predicted octanol–water partition coefficient (Wildman–Crippen LogP) is 5.49. The standard InChI is InChI=1S/C33H35N5O/c1-25-10-12-26(13-11-25)14-15-38-24-34-20-28(38)21-36-22-31(30-9-5-7-27-6-3-4-8-29(27)30)32(23-36)33(39)37-18-16-35(2)17-19-37/h3-13,20,22-24H,14-19,21H2,1-2H3. The van der Waals surface area contributed by atoms with Crippen LogP contribution in [0.2, 0.25) is 0 Å². The molecule has 1 aliphatic heterocycles. The Balaban J connectivity index is 1.32. The van der Waals surface area contributed by atoms with Crippen LogP contribution < -0.4 is 0 Å².